The first-order valence-corrected chi connectivity index (χ1v) is 6.49. The van der Waals surface area contributed by atoms with Crippen molar-refractivity contribution in [1.29, 1.82) is 0 Å². The van der Waals surface area contributed by atoms with Gasteiger partial charge in [-0.2, -0.15) is 0 Å². The largest absolute Gasteiger partial charge is 0.386 e. The molecule has 1 heterocycles. The molecule has 0 saturated carbocycles. The maximum absolute atomic E-state index is 13.5. The average molecular weight is 308 g/mol. The number of nitrogens with one attached hydrogen (secondary N) is 2. The van der Waals surface area contributed by atoms with Gasteiger partial charge in [-0.1, -0.05) is 6.07 Å². The number of hydrogen-bond donors (Lipinski definition) is 3. The number of rotatable bonds is 4. The van der Waals surface area contributed by atoms with E-state index in [9.17, 15) is 23.5 Å². The molecule has 0 radical (unpaired) electrons. The number of H-pyrrole nitrogens is 1. The zero-order valence-electron chi connectivity index (χ0n) is 11.7. The van der Waals surface area contributed by atoms with E-state index in [1.165, 1.54) is 18.3 Å². The quantitative estimate of drug-likeness (QED) is 0.799. The number of halogens is 2. The van der Waals surface area contributed by atoms with Gasteiger partial charge in [-0.3, -0.25) is 9.59 Å². The van der Waals surface area contributed by atoms with Crippen LogP contribution in [0.4, 0.5) is 8.78 Å². The van der Waals surface area contributed by atoms with E-state index < -0.39 is 29.2 Å². The molecule has 7 heteroatoms. The molecule has 0 saturated heterocycles. The molecule has 2 aromatic rings. The van der Waals surface area contributed by atoms with Crippen LogP contribution in [0.15, 0.2) is 35.3 Å². The fourth-order valence-electron chi connectivity index (χ4n) is 2.03. The molecule has 5 nitrogen and oxygen atoms in total. The van der Waals surface area contributed by atoms with Crippen molar-refractivity contribution in [3.63, 3.8) is 0 Å². The molecule has 2 rings (SSSR count). The number of carbonyl (C=O) groups excluding carboxylic acids is 1. The highest BCUT2D eigenvalue weighted by Gasteiger charge is 2.19. The van der Waals surface area contributed by atoms with E-state index in [0.29, 0.717) is 5.56 Å². The summed E-state index contributed by atoms with van der Waals surface area (Å²) in [5.74, 6) is -2.34. The number of aliphatic hydroxyl groups excluding tert-OH is 1. The molecule has 0 aliphatic carbocycles. The van der Waals surface area contributed by atoms with Gasteiger partial charge in [0.2, 0.25) is 5.56 Å². The first-order chi connectivity index (χ1) is 10.4. The summed E-state index contributed by atoms with van der Waals surface area (Å²) in [7, 11) is 0. The highest BCUT2D eigenvalue weighted by Crippen LogP contribution is 2.20. The molecule has 0 fully saturated rings. The van der Waals surface area contributed by atoms with Crippen LogP contribution in [0, 0.1) is 18.6 Å². The third-order valence-electron chi connectivity index (χ3n) is 3.16. The lowest BCUT2D eigenvalue weighted by Gasteiger charge is -2.14. The molecule has 1 atom stereocenters. The van der Waals surface area contributed by atoms with Crippen LogP contribution in [0.5, 0.6) is 0 Å². The Balaban J connectivity index is 2.09. The van der Waals surface area contributed by atoms with Crippen molar-refractivity contribution in [2.75, 3.05) is 6.54 Å². The monoisotopic (exact) mass is 308 g/mol. The standard InChI is InChI=1S/C15H14F2N2O3/c1-8-5-13(21)18-6-9(8)15(22)19-7-12(20)14-10(16)3-2-4-11(14)17/h2-6,12,20H,7H2,1H3,(H,18,21)(H,19,22). The lowest BCUT2D eigenvalue weighted by atomic mass is 10.1. The van der Waals surface area contributed by atoms with Crippen LogP contribution in [0.1, 0.15) is 27.6 Å². The molecule has 0 aliphatic rings. The van der Waals surface area contributed by atoms with Gasteiger partial charge in [0.1, 0.15) is 17.7 Å². The van der Waals surface area contributed by atoms with E-state index in [1.807, 2.05) is 0 Å². The highest BCUT2D eigenvalue weighted by molar-refractivity contribution is 5.95. The Hall–Kier alpha value is -2.54. The third-order valence-corrected chi connectivity index (χ3v) is 3.16. The summed E-state index contributed by atoms with van der Waals surface area (Å²) < 4.78 is 27.0. The predicted octanol–water partition coefficient (Wildman–Crippen LogP) is 1.42. The van der Waals surface area contributed by atoms with Crippen LogP contribution in [-0.2, 0) is 0 Å². The number of aromatic amines is 1. The van der Waals surface area contributed by atoms with Crippen LogP contribution < -0.4 is 10.9 Å². The van der Waals surface area contributed by atoms with E-state index >= 15 is 0 Å². The number of aliphatic hydroxyl groups is 1. The minimum atomic E-state index is -1.52. The Morgan fingerprint density at radius 1 is 1.36 bits per heavy atom. The van der Waals surface area contributed by atoms with E-state index in [1.54, 1.807) is 6.92 Å². The summed E-state index contributed by atoms with van der Waals surface area (Å²) in [5.41, 5.74) is -0.183. The maximum atomic E-state index is 13.5. The summed E-state index contributed by atoms with van der Waals surface area (Å²) in [6.45, 7) is 1.21. The van der Waals surface area contributed by atoms with Crippen molar-refractivity contribution >= 4 is 5.91 Å². The second kappa shape index (κ2) is 6.48. The SMILES string of the molecule is Cc1cc(=O)[nH]cc1C(=O)NCC(O)c1c(F)cccc1F. The summed E-state index contributed by atoms with van der Waals surface area (Å²) >= 11 is 0. The number of aryl methyl sites for hydroxylation is 1. The molecule has 1 unspecified atom stereocenters. The molecule has 0 bridgehead atoms. The summed E-state index contributed by atoms with van der Waals surface area (Å²) in [5, 5.41) is 12.2. The van der Waals surface area contributed by atoms with E-state index in [2.05, 4.69) is 10.3 Å². The fourth-order valence-corrected chi connectivity index (χ4v) is 2.03. The Bertz CT molecular complexity index is 738. The molecule has 1 aromatic heterocycles. The van der Waals surface area contributed by atoms with Gasteiger partial charge in [0, 0.05) is 18.8 Å². The first-order valence-electron chi connectivity index (χ1n) is 6.49. The van der Waals surface area contributed by atoms with Gasteiger partial charge in [-0.05, 0) is 24.6 Å². The number of aromatic nitrogens is 1. The molecule has 0 aliphatic heterocycles. The number of hydrogen-bond acceptors (Lipinski definition) is 3. The zero-order chi connectivity index (χ0) is 16.3. The molecular weight excluding hydrogens is 294 g/mol. The van der Waals surface area contributed by atoms with Crippen LogP contribution in [0.2, 0.25) is 0 Å². The lowest BCUT2D eigenvalue weighted by Crippen LogP contribution is -2.30. The van der Waals surface area contributed by atoms with Gasteiger partial charge in [-0.15, -0.1) is 0 Å². The topological polar surface area (TPSA) is 82.2 Å². The summed E-state index contributed by atoms with van der Waals surface area (Å²) in [6.07, 6.45) is -0.281. The highest BCUT2D eigenvalue weighted by atomic mass is 19.1. The van der Waals surface area contributed by atoms with Crippen molar-refractivity contribution in [2.45, 2.75) is 13.0 Å². The van der Waals surface area contributed by atoms with Crippen LogP contribution >= 0.6 is 0 Å². The molecule has 1 amide bonds. The van der Waals surface area contributed by atoms with Crippen molar-refractivity contribution in [2.24, 2.45) is 0 Å². The number of amides is 1. The maximum Gasteiger partial charge on any atom is 0.253 e. The van der Waals surface area contributed by atoms with Gasteiger partial charge in [0.15, 0.2) is 0 Å². The zero-order valence-corrected chi connectivity index (χ0v) is 11.7. The van der Waals surface area contributed by atoms with Crippen molar-refractivity contribution in [3.05, 3.63) is 69.1 Å². The van der Waals surface area contributed by atoms with Gasteiger partial charge in [-0.25, -0.2) is 8.78 Å². The van der Waals surface area contributed by atoms with Crippen LogP contribution in [0.25, 0.3) is 0 Å². The van der Waals surface area contributed by atoms with Gasteiger partial charge in [0.05, 0.1) is 11.1 Å². The van der Waals surface area contributed by atoms with Crippen LogP contribution in [0.3, 0.4) is 0 Å². The van der Waals surface area contributed by atoms with Gasteiger partial charge < -0.3 is 15.4 Å². The lowest BCUT2D eigenvalue weighted by molar-refractivity contribution is 0.0910. The molecule has 0 spiro atoms. The van der Waals surface area contributed by atoms with Crippen molar-refractivity contribution < 1.29 is 18.7 Å². The van der Waals surface area contributed by atoms with Crippen molar-refractivity contribution in [1.82, 2.24) is 10.3 Å². The van der Waals surface area contributed by atoms with E-state index in [4.69, 9.17) is 0 Å². The summed E-state index contributed by atoms with van der Waals surface area (Å²) in [6, 6.07) is 4.48. The number of pyridine rings is 1. The van der Waals surface area contributed by atoms with E-state index in [0.717, 1.165) is 12.1 Å². The number of benzene rings is 1. The minimum absolute atomic E-state index is 0.209. The van der Waals surface area contributed by atoms with Gasteiger partial charge >= 0.3 is 0 Å². The second-order valence-electron chi connectivity index (χ2n) is 4.76. The van der Waals surface area contributed by atoms with Crippen molar-refractivity contribution in [3.8, 4) is 0 Å². The molecular formula is C15H14F2N2O3. The summed E-state index contributed by atoms with van der Waals surface area (Å²) in [4.78, 5) is 25.4. The first kappa shape index (κ1) is 15.8. The normalized spacial score (nSPS) is 12.0. The Kier molecular flexibility index (Phi) is 4.67. The smallest absolute Gasteiger partial charge is 0.253 e. The second-order valence-corrected chi connectivity index (χ2v) is 4.76. The number of carbonyl (C=O) groups is 1. The molecule has 22 heavy (non-hydrogen) atoms. The fraction of sp³-hybridized carbons (Fsp3) is 0.200. The average Bonchev–Trinajstić information content (AvgIpc) is 2.44. The predicted molar refractivity (Wildman–Crippen MR) is 75.5 cm³/mol. The Morgan fingerprint density at radius 2 is 2.00 bits per heavy atom. The van der Waals surface area contributed by atoms with Gasteiger partial charge in [0.25, 0.3) is 5.91 Å². The van der Waals surface area contributed by atoms with E-state index in [-0.39, 0.29) is 17.7 Å². The minimum Gasteiger partial charge on any atom is -0.386 e. The molecule has 1 aromatic carbocycles. The molecule has 3 N–H and O–H groups in total. The molecule has 116 valence electrons. The third kappa shape index (κ3) is 3.37. The van der Waals surface area contributed by atoms with Crippen LogP contribution in [-0.4, -0.2) is 22.5 Å². The Labute approximate surface area is 124 Å². The Morgan fingerprint density at radius 3 is 2.59 bits per heavy atom.